The fourth-order valence-corrected chi connectivity index (χ4v) is 3.23. The summed E-state index contributed by atoms with van der Waals surface area (Å²) in [6, 6.07) is 4.87. The molecule has 2 atom stereocenters. The number of hydrogen-bond donors (Lipinski definition) is 2. The lowest BCUT2D eigenvalue weighted by Gasteiger charge is -2.29. The second kappa shape index (κ2) is 6.90. The number of Topliss-reactive ketones (excluding diaryl/α,β-unsaturated/α-hetero) is 1. The van der Waals surface area contributed by atoms with Crippen LogP contribution in [0.25, 0.3) is 10.9 Å². The molecule has 1 aliphatic heterocycles. The van der Waals surface area contributed by atoms with Crippen LogP contribution in [0.2, 0.25) is 0 Å². The Morgan fingerprint density at radius 1 is 1.32 bits per heavy atom. The zero-order valence-corrected chi connectivity index (χ0v) is 14.6. The van der Waals surface area contributed by atoms with E-state index in [-0.39, 0.29) is 12.3 Å². The number of fused-ring (bicyclic) bond motifs is 2. The molecule has 2 aromatic rings. The lowest BCUT2D eigenvalue weighted by Crippen LogP contribution is -2.44. The van der Waals surface area contributed by atoms with E-state index in [1.54, 1.807) is 6.07 Å². The van der Waals surface area contributed by atoms with Gasteiger partial charge in [0.05, 0.1) is 18.1 Å². The molecule has 1 aromatic heterocycles. The Balaban J connectivity index is 2.02. The lowest BCUT2D eigenvalue weighted by molar-refractivity contribution is -0.147. The van der Waals surface area contributed by atoms with Gasteiger partial charge in [0.15, 0.2) is 6.10 Å². The number of carbonyl (C=O) groups is 2. The molecule has 0 fully saturated rings. The summed E-state index contributed by atoms with van der Waals surface area (Å²) in [4.78, 5) is 28.3. The predicted octanol–water partition coefficient (Wildman–Crippen LogP) is 2.13. The fourth-order valence-electron chi connectivity index (χ4n) is 3.23. The van der Waals surface area contributed by atoms with Crippen molar-refractivity contribution in [3.8, 4) is 5.75 Å². The number of ether oxygens (including phenoxy) is 1. The first-order chi connectivity index (χ1) is 11.9. The monoisotopic (exact) mass is 342 g/mol. The van der Waals surface area contributed by atoms with Crippen LogP contribution in [-0.2, 0) is 9.59 Å². The molecule has 0 bridgehead atoms. The summed E-state index contributed by atoms with van der Waals surface area (Å²) in [5, 5.41) is 14.1. The number of carbonyl (C=O) groups excluding carboxylic acids is 2. The number of rotatable bonds is 5. The highest BCUT2D eigenvalue weighted by Gasteiger charge is 2.37. The van der Waals surface area contributed by atoms with Crippen molar-refractivity contribution in [1.82, 2.24) is 10.3 Å². The maximum Gasteiger partial charge on any atom is 0.342 e. The van der Waals surface area contributed by atoms with E-state index in [0.717, 1.165) is 28.6 Å². The quantitative estimate of drug-likeness (QED) is 0.639. The van der Waals surface area contributed by atoms with Crippen molar-refractivity contribution in [2.75, 3.05) is 6.54 Å². The molecule has 6 heteroatoms. The van der Waals surface area contributed by atoms with Crippen LogP contribution in [0.5, 0.6) is 5.75 Å². The second-order valence-electron chi connectivity index (χ2n) is 6.50. The van der Waals surface area contributed by atoms with Gasteiger partial charge in [-0.3, -0.25) is 9.78 Å². The smallest absolute Gasteiger partial charge is 0.342 e. The molecule has 0 saturated carbocycles. The van der Waals surface area contributed by atoms with Gasteiger partial charge in [0.25, 0.3) is 0 Å². The van der Waals surface area contributed by atoms with E-state index in [1.807, 2.05) is 32.9 Å². The highest BCUT2D eigenvalue weighted by molar-refractivity contribution is 5.89. The summed E-state index contributed by atoms with van der Waals surface area (Å²) in [5.74, 6) is -0.275. The minimum atomic E-state index is -1.36. The van der Waals surface area contributed by atoms with Gasteiger partial charge in [-0.25, -0.2) is 4.79 Å². The largest absolute Gasteiger partial charge is 0.424 e. The molecule has 25 heavy (non-hydrogen) atoms. The average molecular weight is 342 g/mol. The topological polar surface area (TPSA) is 88.5 Å². The molecular formula is C19H22N2O4. The van der Waals surface area contributed by atoms with Gasteiger partial charge in [-0.1, -0.05) is 6.92 Å². The van der Waals surface area contributed by atoms with E-state index >= 15 is 0 Å². The molecule has 3 rings (SSSR count). The number of ketones is 1. The summed E-state index contributed by atoms with van der Waals surface area (Å²) in [5.41, 5.74) is 3.34. The highest BCUT2D eigenvalue weighted by Crippen LogP contribution is 2.36. The Kier molecular flexibility index (Phi) is 4.83. The standard InChI is InChI=1S/C19H22N2O4/c1-4-5-12(22)9-20-17-14-7-15-13(10(2)6-11(3)21-15)8-16(14)25-19(24)18(17)23/h6-8,17-18,20,23H,4-5,9H2,1-3H3. The first kappa shape index (κ1) is 17.5. The zero-order chi connectivity index (χ0) is 18.1. The first-order valence-corrected chi connectivity index (χ1v) is 8.47. The number of aromatic nitrogens is 1. The summed E-state index contributed by atoms with van der Waals surface area (Å²) >= 11 is 0. The third kappa shape index (κ3) is 3.41. The van der Waals surface area contributed by atoms with Crippen molar-refractivity contribution in [3.05, 3.63) is 35.0 Å². The number of pyridine rings is 1. The molecule has 2 heterocycles. The van der Waals surface area contributed by atoms with Crippen LogP contribution in [0.15, 0.2) is 18.2 Å². The van der Waals surface area contributed by atoms with E-state index in [9.17, 15) is 14.7 Å². The molecule has 1 aliphatic rings. The number of nitrogens with zero attached hydrogens (tertiary/aromatic N) is 1. The maximum atomic E-state index is 12.0. The number of nitrogens with one attached hydrogen (secondary N) is 1. The highest BCUT2D eigenvalue weighted by atomic mass is 16.6. The summed E-state index contributed by atoms with van der Waals surface area (Å²) < 4.78 is 5.28. The number of aryl methyl sites for hydroxylation is 2. The Morgan fingerprint density at radius 2 is 2.08 bits per heavy atom. The molecule has 0 saturated heterocycles. The van der Waals surface area contributed by atoms with Gasteiger partial charge in [0.1, 0.15) is 11.5 Å². The van der Waals surface area contributed by atoms with Crippen LogP contribution < -0.4 is 10.1 Å². The first-order valence-electron chi connectivity index (χ1n) is 8.47. The molecule has 0 spiro atoms. The Bertz CT molecular complexity index is 847. The van der Waals surface area contributed by atoms with Gasteiger partial charge >= 0.3 is 5.97 Å². The van der Waals surface area contributed by atoms with E-state index in [2.05, 4.69) is 10.3 Å². The van der Waals surface area contributed by atoms with Gasteiger partial charge in [0.2, 0.25) is 0 Å². The number of esters is 1. The molecule has 2 N–H and O–H groups in total. The van der Waals surface area contributed by atoms with Crippen molar-refractivity contribution in [1.29, 1.82) is 0 Å². The van der Waals surface area contributed by atoms with Crippen LogP contribution in [0.4, 0.5) is 0 Å². The zero-order valence-electron chi connectivity index (χ0n) is 14.6. The Hall–Kier alpha value is -2.31. The van der Waals surface area contributed by atoms with Crippen molar-refractivity contribution in [2.45, 2.75) is 45.8 Å². The molecular weight excluding hydrogens is 320 g/mol. The van der Waals surface area contributed by atoms with Gasteiger partial charge in [0, 0.05) is 23.1 Å². The van der Waals surface area contributed by atoms with Crippen LogP contribution in [0, 0.1) is 13.8 Å². The summed E-state index contributed by atoms with van der Waals surface area (Å²) in [6.07, 6.45) is -0.130. The van der Waals surface area contributed by atoms with Crippen molar-refractivity contribution >= 4 is 22.7 Å². The predicted molar refractivity (Wildman–Crippen MR) is 93.5 cm³/mol. The van der Waals surface area contributed by atoms with Crippen LogP contribution in [0.3, 0.4) is 0 Å². The van der Waals surface area contributed by atoms with E-state index in [4.69, 9.17) is 4.74 Å². The Morgan fingerprint density at radius 3 is 2.80 bits per heavy atom. The molecule has 1 aromatic carbocycles. The van der Waals surface area contributed by atoms with E-state index < -0.39 is 18.1 Å². The number of aliphatic hydroxyl groups is 1. The SMILES string of the molecule is CCCC(=O)CNC1c2cc3nc(C)cc(C)c3cc2OC(=O)C1O. The van der Waals surface area contributed by atoms with E-state index in [0.29, 0.717) is 17.7 Å². The maximum absolute atomic E-state index is 12.0. The van der Waals surface area contributed by atoms with Crippen LogP contribution >= 0.6 is 0 Å². The van der Waals surface area contributed by atoms with Crippen molar-refractivity contribution in [2.24, 2.45) is 0 Å². The molecule has 2 unspecified atom stereocenters. The molecule has 0 radical (unpaired) electrons. The lowest BCUT2D eigenvalue weighted by atomic mass is 9.94. The second-order valence-corrected chi connectivity index (χ2v) is 6.50. The molecule has 0 amide bonds. The van der Waals surface area contributed by atoms with Crippen molar-refractivity contribution in [3.63, 3.8) is 0 Å². The minimum Gasteiger partial charge on any atom is -0.424 e. The van der Waals surface area contributed by atoms with Crippen molar-refractivity contribution < 1.29 is 19.4 Å². The van der Waals surface area contributed by atoms with Gasteiger partial charge in [-0.15, -0.1) is 0 Å². The van der Waals surface area contributed by atoms with Crippen LogP contribution in [0.1, 0.15) is 42.6 Å². The fraction of sp³-hybridized carbons (Fsp3) is 0.421. The normalized spacial score (nSPS) is 19.6. The Labute approximate surface area is 146 Å². The molecule has 132 valence electrons. The molecule has 0 aliphatic carbocycles. The van der Waals surface area contributed by atoms with Gasteiger partial charge in [-0.2, -0.15) is 0 Å². The third-order valence-electron chi connectivity index (χ3n) is 4.43. The van der Waals surface area contributed by atoms with Gasteiger partial charge in [-0.05, 0) is 44.0 Å². The third-order valence-corrected chi connectivity index (χ3v) is 4.43. The number of aliphatic hydroxyl groups excluding tert-OH is 1. The minimum absolute atomic E-state index is 0.0424. The number of benzene rings is 1. The van der Waals surface area contributed by atoms with Gasteiger partial charge < -0.3 is 15.2 Å². The van der Waals surface area contributed by atoms with E-state index in [1.165, 1.54) is 0 Å². The summed E-state index contributed by atoms with van der Waals surface area (Å²) in [7, 11) is 0. The van der Waals surface area contributed by atoms with Crippen LogP contribution in [-0.4, -0.2) is 34.5 Å². The number of hydrogen-bond acceptors (Lipinski definition) is 6. The average Bonchev–Trinajstić information content (AvgIpc) is 2.54. The summed E-state index contributed by atoms with van der Waals surface area (Å²) in [6.45, 7) is 5.92. The molecule has 6 nitrogen and oxygen atoms in total.